The molecule has 0 aromatic heterocycles. The van der Waals surface area contributed by atoms with Gasteiger partial charge in [0.1, 0.15) is 6.10 Å². The Bertz CT molecular complexity index is 1040. The van der Waals surface area contributed by atoms with Gasteiger partial charge in [0.15, 0.2) is 0 Å². The second kappa shape index (κ2) is 14.1. The summed E-state index contributed by atoms with van der Waals surface area (Å²) in [6.45, 7) is 4.67. The summed E-state index contributed by atoms with van der Waals surface area (Å²) < 4.78 is 16.8. The van der Waals surface area contributed by atoms with Crippen LogP contribution in [-0.2, 0) is 25.4 Å². The molecule has 0 bridgehead atoms. The number of hydrogen-bond donors (Lipinski definition) is 2. The molecule has 2 aromatic rings. The van der Waals surface area contributed by atoms with Gasteiger partial charge in [-0.3, -0.25) is 0 Å². The van der Waals surface area contributed by atoms with Crippen LogP contribution in [0.2, 0.25) is 0 Å². The van der Waals surface area contributed by atoms with E-state index in [-0.39, 0.29) is 24.8 Å². The first kappa shape index (κ1) is 27.0. The van der Waals surface area contributed by atoms with Crippen LogP contribution in [0.15, 0.2) is 61.2 Å². The quantitative estimate of drug-likeness (QED) is 0.139. The number of carbonyl (C=O) groups excluding carboxylic acids is 2. The molecular formula is C29H36N2O5. The van der Waals surface area contributed by atoms with Crippen molar-refractivity contribution in [3.05, 3.63) is 77.9 Å². The van der Waals surface area contributed by atoms with E-state index >= 15 is 0 Å². The SMILES string of the molecule is C=CCCCOC1CCC(OC(=O)c2ccc(/C=C/C(=O)OCCc3cc(N)ccc3N)cc2)CC1. The molecule has 0 heterocycles. The fourth-order valence-corrected chi connectivity index (χ4v) is 4.06. The van der Waals surface area contributed by atoms with E-state index in [0.717, 1.165) is 56.3 Å². The molecule has 36 heavy (non-hydrogen) atoms. The Labute approximate surface area is 213 Å². The number of nitrogen functional groups attached to an aromatic ring is 2. The first-order valence-electron chi connectivity index (χ1n) is 12.5. The zero-order chi connectivity index (χ0) is 25.8. The first-order chi connectivity index (χ1) is 17.4. The van der Waals surface area contributed by atoms with E-state index < -0.39 is 5.97 Å². The van der Waals surface area contributed by atoms with Gasteiger partial charge in [0.2, 0.25) is 0 Å². The van der Waals surface area contributed by atoms with Crippen LogP contribution < -0.4 is 11.5 Å². The lowest BCUT2D eigenvalue weighted by atomic mass is 9.95. The van der Waals surface area contributed by atoms with Crippen LogP contribution in [0.1, 0.15) is 60.0 Å². The predicted molar refractivity (Wildman–Crippen MR) is 142 cm³/mol. The highest BCUT2D eigenvalue weighted by Crippen LogP contribution is 2.25. The fourth-order valence-electron chi connectivity index (χ4n) is 4.06. The smallest absolute Gasteiger partial charge is 0.338 e. The number of anilines is 2. The van der Waals surface area contributed by atoms with Gasteiger partial charge in [-0.1, -0.05) is 18.2 Å². The number of allylic oxidation sites excluding steroid dienone is 1. The summed E-state index contributed by atoms with van der Waals surface area (Å²) in [5.74, 6) is -0.789. The van der Waals surface area contributed by atoms with Crippen molar-refractivity contribution < 1.29 is 23.8 Å². The van der Waals surface area contributed by atoms with Crippen LogP contribution in [0, 0.1) is 0 Å². The minimum absolute atomic E-state index is 0.0810. The summed E-state index contributed by atoms with van der Waals surface area (Å²) in [5, 5.41) is 0. The Hall–Kier alpha value is -3.58. The van der Waals surface area contributed by atoms with Gasteiger partial charge in [-0.15, -0.1) is 6.58 Å². The van der Waals surface area contributed by atoms with E-state index in [1.165, 1.54) is 6.08 Å². The molecule has 0 spiro atoms. The van der Waals surface area contributed by atoms with E-state index in [0.29, 0.717) is 23.4 Å². The average Bonchev–Trinajstić information content (AvgIpc) is 2.88. The van der Waals surface area contributed by atoms with Crippen LogP contribution in [0.25, 0.3) is 6.08 Å². The molecule has 0 saturated heterocycles. The molecular weight excluding hydrogens is 456 g/mol. The van der Waals surface area contributed by atoms with E-state index in [4.69, 9.17) is 25.7 Å². The maximum atomic E-state index is 12.5. The highest BCUT2D eigenvalue weighted by atomic mass is 16.5. The predicted octanol–water partition coefficient (Wildman–Crippen LogP) is 5.10. The lowest BCUT2D eigenvalue weighted by Gasteiger charge is -2.28. The molecule has 0 unspecified atom stereocenters. The summed E-state index contributed by atoms with van der Waals surface area (Å²) in [6.07, 6.45) is 10.9. The molecule has 1 aliphatic rings. The Morgan fingerprint density at radius 3 is 2.42 bits per heavy atom. The van der Waals surface area contributed by atoms with Gasteiger partial charge >= 0.3 is 11.9 Å². The monoisotopic (exact) mass is 492 g/mol. The molecule has 0 atom stereocenters. The zero-order valence-electron chi connectivity index (χ0n) is 20.7. The number of hydrogen-bond acceptors (Lipinski definition) is 7. The third kappa shape index (κ3) is 8.89. The first-order valence-corrected chi connectivity index (χ1v) is 12.5. The van der Waals surface area contributed by atoms with Crippen LogP contribution in [-0.4, -0.2) is 37.4 Å². The van der Waals surface area contributed by atoms with Gasteiger partial charge in [0.25, 0.3) is 0 Å². The largest absolute Gasteiger partial charge is 0.462 e. The molecule has 192 valence electrons. The van der Waals surface area contributed by atoms with Crippen LogP contribution in [0.4, 0.5) is 11.4 Å². The van der Waals surface area contributed by atoms with Gasteiger partial charge in [-0.05, 0) is 86.1 Å². The normalized spacial score (nSPS) is 17.6. The molecule has 1 saturated carbocycles. The fraction of sp³-hybridized carbons (Fsp3) is 0.379. The minimum atomic E-state index is -0.457. The van der Waals surface area contributed by atoms with Crippen molar-refractivity contribution in [1.82, 2.24) is 0 Å². The number of ether oxygens (including phenoxy) is 3. The minimum Gasteiger partial charge on any atom is -0.462 e. The second-order valence-corrected chi connectivity index (χ2v) is 8.94. The third-order valence-corrected chi connectivity index (χ3v) is 6.14. The number of carbonyl (C=O) groups is 2. The zero-order valence-corrected chi connectivity index (χ0v) is 20.7. The lowest BCUT2D eigenvalue weighted by Crippen LogP contribution is -2.28. The number of benzene rings is 2. The molecule has 0 radical (unpaired) electrons. The van der Waals surface area contributed by atoms with Crippen molar-refractivity contribution in [2.45, 2.75) is 57.2 Å². The third-order valence-electron chi connectivity index (χ3n) is 6.14. The van der Waals surface area contributed by atoms with Crippen LogP contribution >= 0.6 is 0 Å². The summed E-state index contributed by atoms with van der Waals surface area (Å²) in [6, 6.07) is 12.2. The van der Waals surface area contributed by atoms with Crippen LogP contribution in [0.3, 0.4) is 0 Å². The van der Waals surface area contributed by atoms with Gasteiger partial charge < -0.3 is 25.7 Å². The van der Waals surface area contributed by atoms with E-state index in [1.54, 1.807) is 48.5 Å². The van der Waals surface area contributed by atoms with Gasteiger partial charge in [-0.2, -0.15) is 0 Å². The number of nitrogens with two attached hydrogens (primary N) is 2. The molecule has 1 aliphatic carbocycles. The molecule has 1 fully saturated rings. The molecule has 7 nitrogen and oxygen atoms in total. The Morgan fingerprint density at radius 1 is 0.972 bits per heavy atom. The van der Waals surface area contributed by atoms with E-state index in [2.05, 4.69) is 6.58 Å². The van der Waals surface area contributed by atoms with Crippen molar-refractivity contribution in [2.75, 3.05) is 24.7 Å². The molecule has 3 rings (SSSR count). The maximum Gasteiger partial charge on any atom is 0.338 e. The molecule has 7 heteroatoms. The molecule has 4 N–H and O–H groups in total. The lowest BCUT2D eigenvalue weighted by molar-refractivity contribution is -0.137. The van der Waals surface area contributed by atoms with E-state index in [1.807, 2.05) is 6.08 Å². The van der Waals surface area contributed by atoms with Crippen molar-refractivity contribution in [1.29, 1.82) is 0 Å². The summed E-state index contributed by atoms with van der Waals surface area (Å²) in [7, 11) is 0. The van der Waals surface area contributed by atoms with E-state index in [9.17, 15) is 9.59 Å². The standard InChI is InChI=1S/C29H36N2O5/c1-2-3-4-18-34-25-11-13-26(14-12-25)36-29(33)22-8-5-21(6-9-22)7-16-28(32)35-19-17-23-20-24(30)10-15-27(23)31/h2,5-10,15-16,20,25-26H,1,3-4,11-14,17-19,30-31H2/b16-7+. The Balaban J connectivity index is 1.37. The molecule has 0 aliphatic heterocycles. The van der Waals surface area contributed by atoms with Crippen molar-refractivity contribution >= 4 is 29.4 Å². The molecule has 0 amide bonds. The van der Waals surface area contributed by atoms with Gasteiger partial charge in [0, 0.05) is 30.5 Å². The van der Waals surface area contributed by atoms with Crippen molar-refractivity contribution in [3.63, 3.8) is 0 Å². The van der Waals surface area contributed by atoms with Crippen molar-refractivity contribution in [2.24, 2.45) is 0 Å². The highest BCUT2D eigenvalue weighted by Gasteiger charge is 2.24. The van der Waals surface area contributed by atoms with Gasteiger partial charge in [-0.25, -0.2) is 9.59 Å². The Kier molecular flexibility index (Phi) is 10.6. The number of esters is 2. The maximum absolute atomic E-state index is 12.5. The number of rotatable bonds is 12. The summed E-state index contributed by atoms with van der Waals surface area (Å²) >= 11 is 0. The average molecular weight is 493 g/mol. The number of unbranched alkanes of at least 4 members (excludes halogenated alkanes) is 1. The van der Waals surface area contributed by atoms with Crippen molar-refractivity contribution in [3.8, 4) is 0 Å². The molecule has 2 aromatic carbocycles. The van der Waals surface area contributed by atoms with Gasteiger partial charge in [0.05, 0.1) is 18.3 Å². The van der Waals surface area contributed by atoms with Crippen LogP contribution in [0.5, 0.6) is 0 Å². The second-order valence-electron chi connectivity index (χ2n) is 8.94. The summed E-state index contributed by atoms with van der Waals surface area (Å²) in [4.78, 5) is 24.5. The Morgan fingerprint density at radius 2 is 1.69 bits per heavy atom. The topological polar surface area (TPSA) is 114 Å². The highest BCUT2D eigenvalue weighted by molar-refractivity contribution is 5.90. The summed E-state index contributed by atoms with van der Waals surface area (Å²) in [5.41, 5.74) is 15.0.